The Morgan fingerprint density at radius 1 is 1.30 bits per heavy atom. The van der Waals surface area contributed by atoms with E-state index < -0.39 is 29.8 Å². The number of carbonyl (C=O) groups excluding carboxylic acids is 1. The van der Waals surface area contributed by atoms with Crippen LogP contribution in [0.5, 0.6) is 0 Å². The number of rotatable bonds is 6. The molecule has 0 saturated carbocycles. The first-order valence-electron chi connectivity index (χ1n) is 6.34. The minimum atomic E-state index is -1.15. The first-order chi connectivity index (χ1) is 9.31. The monoisotopic (exact) mass is 282 g/mol. The Morgan fingerprint density at radius 3 is 2.30 bits per heavy atom. The lowest BCUT2D eigenvalue weighted by atomic mass is 10.0. The van der Waals surface area contributed by atoms with Gasteiger partial charge < -0.3 is 16.2 Å². The smallest absolute Gasteiger partial charge is 0.326 e. The van der Waals surface area contributed by atoms with Crippen molar-refractivity contribution >= 4 is 11.9 Å². The van der Waals surface area contributed by atoms with Crippen LogP contribution in [0.1, 0.15) is 19.4 Å². The molecule has 4 N–H and O–H groups in total. The summed E-state index contributed by atoms with van der Waals surface area (Å²) in [5, 5.41) is 11.5. The van der Waals surface area contributed by atoms with Gasteiger partial charge in [-0.2, -0.15) is 0 Å². The van der Waals surface area contributed by atoms with Gasteiger partial charge in [0.25, 0.3) is 0 Å². The Hall–Kier alpha value is -1.95. The summed E-state index contributed by atoms with van der Waals surface area (Å²) in [7, 11) is 0. The van der Waals surface area contributed by atoms with Crippen molar-refractivity contribution in [3.05, 3.63) is 35.6 Å². The zero-order valence-corrected chi connectivity index (χ0v) is 11.5. The van der Waals surface area contributed by atoms with E-state index in [1.165, 1.54) is 24.3 Å². The third kappa shape index (κ3) is 4.62. The van der Waals surface area contributed by atoms with Gasteiger partial charge in [-0.3, -0.25) is 4.79 Å². The summed E-state index contributed by atoms with van der Waals surface area (Å²) in [6.07, 6.45) is 0.0756. The van der Waals surface area contributed by atoms with E-state index in [9.17, 15) is 14.0 Å². The highest BCUT2D eigenvalue weighted by Gasteiger charge is 2.24. The molecule has 0 aliphatic rings. The number of aliphatic carboxylic acids is 1. The van der Waals surface area contributed by atoms with Gasteiger partial charge in [0.15, 0.2) is 0 Å². The van der Waals surface area contributed by atoms with E-state index >= 15 is 0 Å². The minimum absolute atomic E-state index is 0.0756. The lowest BCUT2D eigenvalue weighted by Gasteiger charge is -2.19. The van der Waals surface area contributed by atoms with E-state index in [1.807, 2.05) is 0 Å². The standard InChI is InChI=1S/C14H19FN2O3/c1-8(2)12(16)13(18)17-11(14(19)20)7-9-3-5-10(15)6-4-9/h3-6,8,11-12H,7,16H2,1-2H3,(H,17,18)(H,19,20). The van der Waals surface area contributed by atoms with Crippen LogP contribution in [0.25, 0.3) is 0 Å². The summed E-state index contributed by atoms with van der Waals surface area (Å²) in [6, 6.07) is 3.62. The van der Waals surface area contributed by atoms with Crippen LogP contribution in [-0.2, 0) is 16.0 Å². The molecule has 0 bridgehead atoms. The number of halogens is 1. The number of hydrogen-bond donors (Lipinski definition) is 3. The van der Waals surface area contributed by atoms with Crippen molar-refractivity contribution in [2.24, 2.45) is 11.7 Å². The third-order valence-corrected chi connectivity index (χ3v) is 2.99. The maximum Gasteiger partial charge on any atom is 0.326 e. The van der Waals surface area contributed by atoms with Gasteiger partial charge in [0.1, 0.15) is 11.9 Å². The van der Waals surface area contributed by atoms with Gasteiger partial charge >= 0.3 is 5.97 Å². The second kappa shape index (κ2) is 7.00. The molecule has 0 aliphatic carbocycles. The van der Waals surface area contributed by atoms with Crippen molar-refractivity contribution in [2.45, 2.75) is 32.4 Å². The van der Waals surface area contributed by atoms with Gasteiger partial charge in [0.2, 0.25) is 5.91 Å². The number of nitrogens with one attached hydrogen (secondary N) is 1. The summed E-state index contributed by atoms with van der Waals surface area (Å²) in [5.41, 5.74) is 6.29. The largest absolute Gasteiger partial charge is 0.480 e. The predicted molar refractivity (Wildman–Crippen MR) is 72.5 cm³/mol. The average Bonchev–Trinajstić information content (AvgIpc) is 2.39. The Labute approximate surface area is 117 Å². The first-order valence-corrected chi connectivity index (χ1v) is 6.34. The normalized spacial score (nSPS) is 13.8. The molecule has 0 heterocycles. The van der Waals surface area contributed by atoms with Crippen molar-refractivity contribution in [1.29, 1.82) is 0 Å². The SMILES string of the molecule is CC(C)C(N)C(=O)NC(Cc1ccc(F)cc1)C(=O)O. The molecule has 1 aromatic carbocycles. The average molecular weight is 282 g/mol. The summed E-state index contributed by atoms with van der Waals surface area (Å²) < 4.78 is 12.8. The molecule has 110 valence electrons. The van der Waals surface area contributed by atoms with Gasteiger partial charge in [-0.1, -0.05) is 26.0 Å². The Morgan fingerprint density at radius 2 is 1.85 bits per heavy atom. The molecule has 0 saturated heterocycles. The Bertz CT molecular complexity index is 474. The molecule has 1 amide bonds. The fraction of sp³-hybridized carbons (Fsp3) is 0.429. The van der Waals surface area contributed by atoms with Crippen LogP contribution in [0.4, 0.5) is 4.39 Å². The van der Waals surface area contributed by atoms with Crippen molar-refractivity contribution in [1.82, 2.24) is 5.32 Å². The number of carboxylic acid groups (broad SMARTS) is 1. The van der Waals surface area contributed by atoms with E-state index in [4.69, 9.17) is 10.8 Å². The molecular weight excluding hydrogens is 263 g/mol. The summed E-state index contributed by atoms with van der Waals surface area (Å²) in [6.45, 7) is 3.56. The van der Waals surface area contributed by atoms with Crippen molar-refractivity contribution < 1.29 is 19.1 Å². The molecule has 6 heteroatoms. The Kier molecular flexibility index (Phi) is 5.64. The molecule has 5 nitrogen and oxygen atoms in total. The van der Waals surface area contributed by atoms with E-state index in [0.717, 1.165) is 0 Å². The molecule has 1 aromatic rings. The van der Waals surface area contributed by atoms with Crippen molar-refractivity contribution in [3.8, 4) is 0 Å². The molecule has 0 aromatic heterocycles. The number of carbonyl (C=O) groups is 2. The van der Waals surface area contributed by atoms with Crippen LogP contribution in [0.3, 0.4) is 0 Å². The van der Waals surface area contributed by atoms with Gasteiger partial charge in [-0.25, -0.2) is 9.18 Å². The zero-order valence-electron chi connectivity index (χ0n) is 11.5. The topological polar surface area (TPSA) is 92.4 Å². The second-order valence-corrected chi connectivity index (χ2v) is 5.00. The van der Waals surface area contributed by atoms with E-state index in [-0.39, 0.29) is 12.3 Å². The highest BCUT2D eigenvalue weighted by atomic mass is 19.1. The fourth-order valence-corrected chi connectivity index (χ4v) is 1.63. The lowest BCUT2D eigenvalue weighted by Crippen LogP contribution is -2.51. The maximum absolute atomic E-state index is 12.8. The Balaban J connectivity index is 2.72. The molecular formula is C14H19FN2O3. The summed E-state index contributed by atoms with van der Waals surface area (Å²) in [5.74, 6) is -2.14. The van der Waals surface area contributed by atoms with Crippen LogP contribution in [0.15, 0.2) is 24.3 Å². The molecule has 2 atom stereocenters. The second-order valence-electron chi connectivity index (χ2n) is 5.00. The van der Waals surface area contributed by atoms with Crippen LogP contribution in [0, 0.1) is 11.7 Å². The van der Waals surface area contributed by atoms with Gasteiger partial charge in [-0.15, -0.1) is 0 Å². The van der Waals surface area contributed by atoms with Gasteiger partial charge in [0, 0.05) is 6.42 Å². The minimum Gasteiger partial charge on any atom is -0.480 e. The number of hydrogen-bond acceptors (Lipinski definition) is 3. The highest BCUT2D eigenvalue weighted by Crippen LogP contribution is 2.07. The lowest BCUT2D eigenvalue weighted by molar-refractivity contribution is -0.142. The molecule has 0 fully saturated rings. The van der Waals surface area contributed by atoms with Gasteiger partial charge in [-0.05, 0) is 23.6 Å². The molecule has 0 radical (unpaired) electrons. The third-order valence-electron chi connectivity index (χ3n) is 2.99. The summed E-state index contributed by atoms with van der Waals surface area (Å²) in [4.78, 5) is 23.0. The fourth-order valence-electron chi connectivity index (χ4n) is 1.63. The van der Waals surface area contributed by atoms with Crippen LogP contribution in [0.2, 0.25) is 0 Å². The maximum atomic E-state index is 12.8. The highest BCUT2D eigenvalue weighted by molar-refractivity contribution is 5.87. The number of benzene rings is 1. The number of amides is 1. The molecule has 1 rings (SSSR count). The molecule has 0 spiro atoms. The zero-order chi connectivity index (χ0) is 15.3. The molecule has 2 unspecified atom stereocenters. The van der Waals surface area contributed by atoms with Crippen molar-refractivity contribution in [2.75, 3.05) is 0 Å². The molecule has 0 aliphatic heterocycles. The first kappa shape index (κ1) is 16.1. The van der Waals surface area contributed by atoms with E-state index in [1.54, 1.807) is 13.8 Å². The number of nitrogens with two attached hydrogens (primary N) is 1. The van der Waals surface area contributed by atoms with Gasteiger partial charge in [0.05, 0.1) is 6.04 Å². The van der Waals surface area contributed by atoms with Crippen LogP contribution >= 0.6 is 0 Å². The molecule has 20 heavy (non-hydrogen) atoms. The predicted octanol–water partition coefficient (Wildman–Crippen LogP) is 0.921. The number of carboxylic acids is 1. The quantitative estimate of drug-likeness (QED) is 0.723. The van der Waals surface area contributed by atoms with E-state index in [2.05, 4.69) is 5.32 Å². The van der Waals surface area contributed by atoms with E-state index in [0.29, 0.717) is 5.56 Å². The van der Waals surface area contributed by atoms with Crippen molar-refractivity contribution in [3.63, 3.8) is 0 Å². The summed E-state index contributed by atoms with van der Waals surface area (Å²) >= 11 is 0. The van der Waals surface area contributed by atoms with Crippen LogP contribution in [-0.4, -0.2) is 29.1 Å². The van der Waals surface area contributed by atoms with Crippen LogP contribution < -0.4 is 11.1 Å².